The summed E-state index contributed by atoms with van der Waals surface area (Å²) < 4.78 is 4.09. The molecule has 1 aromatic carbocycles. The minimum absolute atomic E-state index is 0.215. The lowest BCUT2D eigenvalue weighted by Crippen LogP contribution is -2.19. The number of hydrogen-bond acceptors (Lipinski definition) is 4. The Morgan fingerprint density at radius 3 is 2.29 bits per heavy atom. The Hall–Kier alpha value is -2.21. The summed E-state index contributed by atoms with van der Waals surface area (Å²) in [5, 5.41) is 18.5. The van der Waals surface area contributed by atoms with E-state index in [-0.39, 0.29) is 5.56 Å². The number of aromatic carboxylic acids is 1. The average Bonchev–Trinajstić information content (AvgIpc) is 3.17. The second-order valence-corrected chi connectivity index (χ2v) is 6.02. The van der Waals surface area contributed by atoms with Crippen LogP contribution in [0, 0.1) is 6.92 Å². The van der Waals surface area contributed by atoms with Crippen molar-refractivity contribution < 1.29 is 19.8 Å². The topological polar surface area (TPSA) is 87.5 Å². The zero-order valence-electron chi connectivity index (χ0n) is 11.3. The van der Waals surface area contributed by atoms with E-state index < -0.39 is 17.4 Å². The molecule has 1 fully saturated rings. The molecule has 1 saturated carbocycles. The van der Waals surface area contributed by atoms with Gasteiger partial charge in [0.2, 0.25) is 0 Å². The van der Waals surface area contributed by atoms with Crippen LogP contribution in [0.3, 0.4) is 0 Å². The Morgan fingerprint density at radius 1 is 1.19 bits per heavy atom. The highest BCUT2D eigenvalue weighted by atomic mass is 32.1. The van der Waals surface area contributed by atoms with Gasteiger partial charge in [-0.1, -0.05) is 24.3 Å². The van der Waals surface area contributed by atoms with Crippen molar-refractivity contribution in [2.75, 3.05) is 0 Å². The zero-order chi connectivity index (χ0) is 15.2. The van der Waals surface area contributed by atoms with E-state index >= 15 is 0 Å². The van der Waals surface area contributed by atoms with Crippen LogP contribution in [0.2, 0.25) is 0 Å². The lowest BCUT2D eigenvalue weighted by Gasteiger charge is -2.10. The molecule has 3 rings (SSSR count). The summed E-state index contributed by atoms with van der Waals surface area (Å²) in [7, 11) is 0. The van der Waals surface area contributed by atoms with Gasteiger partial charge in [-0.3, -0.25) is 4.79 Å². The first-order chi connectivity index (χ1) is 9.95. The van der Waals surface area contributed by atoms with Gasteiger partial charge in [0.1, 0.15) is 5.56 Å². The number of hydrogen-bond donors (Lipinski definition) is 2. The van der Waals surface area contributed by atoms with Gasteiger partial charge in [-0.2, -0.15) is 4.37 Å². The number of aryl methyl sites for hydroxylation is 1. The van der Waals surface area contributed by atoms with Crippen LogP contribution in [0.4, 0.5) is 0 Å². The summed E-state index contributed by atoms with van der Waals surface area (Å²) in [5.74, 6) is -1.79. The molecule has 1 aromatic heterocycles. The van der Waals surface area contributed by atoms with Gasteiger partial charge in [0.15, 0.2) is 0 Å². The molecule has 6 heteroatoms. The SMILES string of the molecule is Cc1nsc(-c2ccc(C3(C(=O)O)CC3)cc2)c1C(=O)O. The molecule has 108 valence electrons. The predicted octanol–water partition coefficient (Wildman–Crippen LogP) is 2.93. The van der Waals surface area contributed by atoms with Gasteiger partial charge in [0.25, 0.3) is 0 Å². The third-order valence-corrected chi connectivity index (χ3v) is 4.92. The highest BCUT2D eigenvalue weighted by Crippen LogP contribution is 2.48. The first-order valence-corrected chi connectivity index (χ1v) is 7.27. The van der Waals surface area contributed by atoms with Crippen LogP contribution in [0.5, 0.6) is 0 Å². The van der Waals surface area contributed by atoms with E-state index in [0.29, 0.717) is 23.4 Å². The van der Waals surface area contributed by atoms with Crippen molar-refractivity contribution >= 4 is 23.5 Å². The number of rotatable bonds is 4. The first kappa shape index (κ1) is 13.8. The van der Waals surface area contributed by atoms with Crippen molar-refractivity contribution in [2.24, 2.45) is 0 Å². The lowest BCUT2D eigenvalue weighted by atomic mass is 9.94. The highest BCUT2D eigenvalue weighted by Gasteiger charge is 2.51. The van der Waals surface area contributed by atoms with Crippen molar-refractivity contribution in [3.05, 3.63) is 41.1 Å². The van der Waals surface area contributed by atoms with Crippen LogP contribution >= 0.6 is 11.5 Å². The molecule has 0 bridgehead atoms. The summed E-state index contributed by atoms with van der Waals surface area (Å²) in [6.07, 6.45) is 1.31. The molecule has 0 amide bonds. The average molecular weight is 303 g/mol. The van der Waals surface area contributed by atoms with Crippen molar-refractivity contribution in [2.45, 2.75) is 25.2 Å². The molecule has 2 N–H and O–H groups in total. The summed E-state index contributed by atoms with van der Waals surface area (Å²) in [5.41, 5.74) is 1.50. The fraction of sp³-hybridized carbons (Fsp3) is 0.267. The first-order valence-electron chi connectivity index (χ1n) is 6.49. The smallest absolute Gasteiger partial charge is 0.339 e. The van der Waals surface area contributed by atoms with Crippen LogP contribution in [0.1, 0.15) is 34.5 Å². The Labute approximate surface area is 125 Å². The van der Waals surface area contributed by atoms with E-state index in [4.69, 9.17) is 0 Å². The summed E-state index contributed by atoms with van der Waals surface area (Å²) in [4.78, 5) is 23.2. The molecule has 1 aliphatic rings. The number of carbonyl (C=O) groups is 2. The van der Waals surface area contributed by atoms with Crippen LogP contribution in [-0.4, -0.2) is 26.5 Å². The maximum atomic E-state index is 11.3. The van der Waals surface area contributed by atoms with E-state index in [0.717, 1.165) is 22.7 Å². The maximum Gasteiger partial charge on any atom is 0.339 e. The normalized spacial score (nSPS) is 15.7. The van der Waals surface area contributed by atoms with E-state index in [1.165, 1.54) is 0 Å². The second kappa shape index (κ2) is 4.66. The molecule has 1 heterocycles. The van der Waals surface area contributed by atoms with Crippen LogP contribution in [-0.2, 0) is 10.2 Å². The molecule has 5 nitrogen and oxygen atoms in total. The number of benzene rings is 1. The molecule has 0 saturated heterocycles. The molecule has 1 aliphatic carbocycles. The Bertz CT molecular complexity index is 729. The van der Waals surface area contributed by atoms with E-state index in [1.54, 1.807) is 31.2 Å². The van der Waals surface area contributed by atoms with Gasteiger partial charge >= 0.3 is 11.9 Å². The van der Waals surface area contributed by atoms with Gasteiger partial charge in [-0.25, -0.2) is 4.79 Å². The molecule has 2 aromatic rings. The molecular weight excluding hydrogens is 290 g/mol. The van der Waals surface area contributed by atoms with Crippen LogP contribution < -0.4 is 0 Å². The highest BCUT2D eigenvalue weighted by molar-refractivity contribution is 7.10. The number of aliphatic carboxylic acids is 1. The molecule has 0 aliphatic heterocycles. The van der Waals surface area contributed by atoms with E-state index in [2.05, 4.69) is 4.37 Å². The monoisotopic (exact) mass is 303 g/mol. The van der Waals surface area contributed by atoms with E-state index in [1.807, 2.05) is 0 Å². The molecule has 0 radical (unpaired) electrons. The van der Waals surface area contributed by atoms with Crippen molar-refractivity contribution in [3.63, 3.8) is 0 Å². The van der Waals surface area contributed by atoms with Gasteiger partial charge in [0.05, 0.1) is 16.0 Å². The fourth-order valence-electron chi connectivity index (χ4n) is 2.51. The third kappa shape index (κ3) is 2.12. The van der Waals surface area contributed by atoms with Crippen LogP contribution in [0.15, 0.2) is 24.3 Å². The zero-order valence-corrected chi connectivity index (χ0v) is 12.1. The number of carboxylic acids is 2. The van der Waals surface area contributed by atoms with Crippen molar-refractivity contribution in [1.29, 1.82) is 0 Å². The van der Waals surface area contributed by atoms with Crippen LogP contribution in [0.25, 0.3) is 10.4 Å². The predicted molar refractivity (Wildman–Crippen MR) is 77.8 cm³/mol. The largest absolute Gasteiger partial charge is 0.481 e. The maximum absolute atomic E-state index is 11.3. The minimum atomic E-state index is -0.996. The number of nitrogens with zero attached hydrogens (tertiary/aromatic N) is 1. The summed E-state index contributed by atoms with van der Waals surface area (Å²) in [6.45, 7) is 1.67. The summed E-state index contributed by atoms with van der Waals surface area (Å²) >= 11 is 1.15. The van der Waals surface area contributed by atoms with Crippen molar-refractivity contribution in [1.82, 2.24) is 4.37 Å². The molecule has 21 heavy (non-hydrogen) atoms. The minimum Gasteiger partial charge on any atom is -0.481 e. The van der Waals surface area contributed by atoms with Gasteiger partial charge in [-0.05, 0) is 42.4 Å². The number of carboxylic acid groups (broad SMARTS) is 2. The second-order valence-electron chi connectivity index (χ2n) is 5.24. The number of aromatic nitrogens is 1. The molecule has 0 spiro atoms. The van der Waals surface area contributed by atoms with E-state index in [9.17, 15) is 19.8 Å². The van der Waals surface area contributed by atoms with Gasteiger partial charge in [-0.15, -0.1) is 0 Å². The Balaban J connectivity index is 1.99. The quantitative estimate of drug-likeness (QED) is 0.906. The molecule has 0 unspecified atom stereocenters. The van der Waals surface area contributed by atoms with Gasteiger partial charge in [0, 0.05) is 0 Å². The Kier molecular flexibility index (Phi) is 3.06. The fourth-order valence-corrected chi connectivity index (χ4v) is 3.40. The molecular formula is C15H13NO4S. The van der Waals surface area contributed by atoms with Crippen molar-refractivity contribution in [3.8, 4) is 10.4 Å². The lowest BCUT2D eigenvalue weighted by molar-refractivity contribution is -0.140. The summed E-state index contributed by atoms with van der Waals surface area (Å²) in [6, 6.07) is 7.10. The standard InChI is InChI=1S/C15H13NO4S/c1-8-11(13(17)18)12(21-16-8)9-2-4-10(5-3-9)15(6-7-15)14(19)20/h2-5H,6-7H2,1H3,(H,17,18)(H,19,20). The van der Waals surface area contributed by atoms with Gasteiger partial charge < -0.3 is 10.2 Å². The third-order valence-electron chi connectivity index (χ3n) is 3.94. The Morgan fingerprint density at radius 2 is 1.81 bits per heavy atom. The molecule has 0 atom stereocenters.